The molecule has 2 aliphatic rings. The van der Waals surface area contributed by atoms with Gasteiger partial charge in [0.1, 0.15) is 4.88 Å². The van der Waals surface area contributed by atoms with Crippen LogP contribution in [0.15, 0.2) is 30.3 Å². The minimum absolute atomic E-state index is 0.164. The Morgan fingerprint density at radius 3 is 2.77 bits per heavy atom. The number of carbonyl (C=O) groups is 1. The van der Waals surface area contributed by atoms with Crippen molar-refractivity contribution in [3.05, 3.63) is 51.5 Å². The van der Waals surface area contributed by atoms with E-state index in [2.05, 4.69) is 27.3 Å². The van der Waals surface area contributed by atoms with Crippen LogP contribution in [0.25, 0.3) is 0 Å². The van der Waals surface area contributed by atoms with E-state index < -0.39 is 0 Å². The number of aryl methyl sites for hydroxylation is 1. The van der Waals surface area contributed by atoms with Crippen molar-refractivity contribution in [3.63, 3.8) is 0 Å². The summed E-state index contributed by atoms with van der Waals surface area (Å²) in [5, 5.41) is 4.42. The predicted molar refractivity (Wildman–Crippen MR) is 105 cm³/mol. The van der Waals surface area contributed by atoms with Crippen molar-refractivity contribution in [1.29, 1.82) is 0 Å². The molecule has 1 aromatic carbocycles. The van der Waals surface area contributed by atoms with Crippen LogP contribution < -0.4 is 5.32 Å². The van der Waals surface area contributed by atoms with Gasteiger partial charge >= 0.3 is 0 Å². The third kappa shape index (κ3) is 3.82. The first-order valence-electron chi connectivity index (χ1n) is 9.45. The molecule has 0 aliphatic carbocycles. The average molecular weight is 371 g/mol. The molecule has 0 radical (unpaired) electrons. The van der Waals surface area contributed by atoms with Gasteiger partial charge in [-0.25, -0.2) is 4.98 Å². The molecule has 4 rings (SSSR count). The maximum absolute atomic E-state index is 13.0. The zero-order chi connectivity index (χ0) is 17.9. The minimum Gasteiger partial charge on any atom is -0.336 e. The number of likely N-dealkylation sites (tertiary alicyclic amines) is 1. The summed E-state index contributed by atoms with van der Waals surface area (Å²) in [6, 6.07) is 10.8. The molecule has 3 heterocycles. The third-order valence-electron chi connectivity index (χ3n) is 5.35. The molecular formula is C20H26N4OS. The van der Waals surface area contributed by atoms with Crippen molar-refractivity contribution in [1.82, 2.24) is 20.1 Å². The zero-order valence-electron chi connectivity index (χ0n) is 15.3. The number of amides is 1. The topological polar surface area (TPSA) is 48.5 Å². The largest absolute Gasteiger partial charge is 0.336 e. The van der Waals surface area contributed by atoms with Crippen LogP contribution in [0.2, 0.25) is 0 Å². The first-order chi connectivity index (χ1) is 12.7. The van der Waals surface area contributed by atoms with Crippen molar-refractivity contribution in [2.45, 2.75) is 25.8 Å². The molecule has 0 saturated carbocycles. The Labute approximate surface area is 159 Å². The lowest BCUT2D eigenvalue weighted by molar-refractivity contribution is 0.0777. The minimum atomic E-state index is 0.164. The standard InChI is InChI=1S/C20H26N4OS/c1-15-19(26-18(22-15)13-16-5-3-2-4-6-16)20(25)24-10-7-17(14-24)23-11-8-21-9-12-23/h2-6,17,21H,7-14H2,1H3. The Morgan fingerprint density at radius 1 is 1.23 bits per heavy atom. The zero-order valence-corrected chi connectivity index (χ0v) is 16.1. The van der Waals surface area contributed by atoms with Crippen molar-refractivity contribution < 1.29 is 4.79 Å². The fraction of sp³-hybridized carbons (Fsp3) is 0.500. The number of hydrogen-bond acceptors (Lipinski definition) is 5. The second-order valence-electron chi connectivity index (χ2n) is 7.16. The maximum atomic E-state index is 13.0. The Hall–Kier alpha value is -1.76. The SMILES string of the molecule is Cc1nc(Cc2ccccc2)sc1C(=O)N1CCC(N2CCNCC2)C1. The van der Waals surface area contributed by atoms with Gasteiger partial charge in [0.25, 0.3) is 5.91 Å². The molecule has 1 N–H and O–H groups in total. The summed E-state index contributed by atoms with van der Waals surface area (Å²) < 4.78 is 0. The number of aromatic nitrogens is 1. The quantitative estimate of drug-likeness (QED) is 0.896. The van der Waals surface area contributed by atoms with Gasteiger partial charge in [0.2, 0.25) is 0 Å². The van der Waals surface area contributed by atoms with E-state index in [1.165, 1.54) is 5.56 Å². The van der Waals surface area contributed by atoms with Crippen LogP contribution in [0, 0.1) is 6.92 Å². The van der Waals surface area contributed by atoms with Crippen molar-refractivity contribution in [2.24, 2.45) is 0 Å². The smallest absolute Gasteiger partial charge is 0.265 e. The Balaban J connectivity index is 1.42. The number of nitrogens with one attached hydrogen (secondary N) is 1. The van der Waals surface area contributed by atoms with Gasteiger partial charge < -0.3 is 10.2 Å². The summed E-state index contributed by atoms with van der Waals surface area (Å²) in [4.78, 5) is 23.1. The van der Waals surface area contributed by atoms with Gasteiger partial charge in [0, 0.05) is 51.7 Å². The summed E-state index contributed by atoms with van der Waals surface area (Å²) in [5.41, 5.74) is 2.11. The van der Waals surface area contributed by atoms with Gasteiger partial charge in [0.05, 0.1) is 10.7 Å². The normalized spacial score (nSPS) is 21.3. The molecule has 5 nitrogen and oxygen atoms in total. The highest BCUT2D eigenvalue weighted by molar-refractivity contribution is 7.13. The fourth-order valence-electron chi connectivity index (χ4n) is 3.91. The van der Waals surface area contributed by atoms with E-state index in [0.717, 1.165) is 67.7 Å². The van der Waals surface area contributed by atoms with Gasteiger partial charge in [-0.3, -0.25) is 9.69 Å². The first kappa shape index (κ1) is 17.6. The number of piperazine rings is 1. The van der Waals surface area contributed by atoms with Crippen molar-refractivity contribution >= 4 is 17.2 Å². The van der Waals surface area contributed by atoms with Gasteiger partial charge in [-0.15, -0.1) is 11.3 Å². The third-order valence-corrected chi connectivity index (χ3v) is 6.50. The van der Waals surface area contributed by atoms with E-state index in [9.17, 15) is 4.79 Å². The summed E-state index contributed by atoms with van der Waals surface area (Å²) in [5.74, 6) is 0.164. The second-order valence-corrected chi connectivity index (χ2v) is 8.25. The molecule has 0 spiro atoms. The highest BCUT2D eigenvalue weighted by atomic mass is 32.1. The average Bonchev–Trinajstić information content (AvgIpc) is 3.30. The lowest BCUT2D eigenvalue weighted by Crippen LogP contribution is -2.49. The Morgan fingerprint density at radius 2 is 2.00 bits per heavy atom. The van der Waals surface area contributed by atoms with E-state index in [4.69, 9.17) is 0 Å². The predicted octanol–water partition coefficient (Wildman–Crippen LogP) is 2.16. The maximum Gasteiger partial charge on any atom is 0.265 e. The van der Waals surface area contributed by atoms with Crippen LogP contribution in [-0.4, -0.2) is 66.0 Å². The van der Waals surface area contributed by atoms with Gasteiger partial charge in [0.15, 0.2) is 0 Å². The molecule has 26 heavy (non-hydrogen) atoms. The number of thiazole rings is 1. The highest BCUT2D eigenvalue weighted by Crippen LogP contribution is 2.25. The molecular weight excluding hydrogens is 344 g/mol. The molecule has 2 fully saturated rings. The van der Waals surface area contributed by atoms with E-state index in [0.29, 0.717) is 6.04 Å². The molecule has 2 aliphatic heterocycles. The van der Waals surface area contributed by atoms with E-state index in [-0.39, 0.29) is 5.91 Å². The number of hydrogen-bond donors (Lipinski definition) is 1. The fourth-order valence-corrected chi connectivity index (χ4v) is 4.98. The van der Waals surface area contributed by atoms with Crippen LogP contribution in [0.3, 0.4) is 0 Å². The number of benzene rings is 1. The van der Waals surface area contributed by atoms with E-state index in [1.54, 1.807) is 11.3 Å². The van der Waals surface area contributed by atoms with Crippen molar-refractivity contribution in [2.75, 3.05) is 39.3 Å². The van der Waals surface area contributed by atoms with Crippen LogP contribution in [0.1, 0.15) is 32.4 Å². The molecule has 1 amide bonds. The molecule has 1 aromatic heterocycles. The lowest BCUT2D eigenvalue weighted by Gasteiger charge is -2.32. The highest BCUT2D eigenvalue weighted by Gasteiger charge is 2.32. The summed E-state index contributed by atoms with van der Waals surface area (Å²) in [7, 11) is 0. The molecule has 2 saturated heterocycles. The molecule has 138 valence electrons. The molecule has 1 unspecified atom stereocenters. The van der Waals surface area contributed by atoms with E-state index >= 15 is 0 Å². The first-order valence-corrected chi connectivity index (χ1v) is 10.3. The van der Waals surface area contributed by atoms with E-state index in [1.807, 2.05) is 30.0 Å². The number of nitrogens with zero attached hydrogens (tertiary/aromatic N) is 3. The van der Waals surface area contributed by atoms with Crippen LogP contribution in [0.4, 0.5) is 0 Å². The summed E-state index contributed by atoms with van der Waals surface area (Å²) in [6.07, 6.45) is 1.88. The lowest BCUT2D eigenvalue weighted by atomic mass is 10.2. The van der Waals surface area contributed by atoms with Crippen LogP contribution in [0.5, 0.6) is 0 Å². The number of rotatable bonds is 4. The van der Waals surface area contributed by atoms with Crippen molar-refractivity contribution in [3.8, 4) is 0 Å². The monoisotopic (exact) mass is 370 g/mol. The summed E-state index contributed by atoms with van der Waals surface area (Å²) >= 11 is 1.56. The molecule has 6 heteroatoms. The van der Waals surface area contributed by atoms with Gasteiger partial charge in [-0.1, -0.05) is 30.3 Å². The Bertz CT molecular complexity index is 754. The van der Waals surface area contributed by atoms with Gasteiger partial charge in [-0.05, 0) is 18.9 Å². The molecule has 0 bridgehead atoms. The van der Waals surface area contributed by atoms with Gasteiger partial charge in [-0.2, -0.15) is 0 Å². The molecule has 2 aromatic rings. The molecule has 1 atom stereocenters. The second kappa shape index (κ2) is 7.86. The number of carbonyl (C=O) groups excluding carboxylic acids is 1. The van der Waals surface area contributed by atoms with Crippen LogP contribution >= 0.6 is 11.3 Å². The van der Waals surface area contributed by atoms with Crippen LogP contribution in [-0.2, 0) is 6.42 Å². The Kier molecular flexibility index (Phi) is 5.33. The summed E-state index contributed by atoms with van der Waals surface area (Å²) in [6.45, 7) is 7.97.